The number of piperazine rings is 1. The van der Waals surface area contributed by atoms with Crippen LogP contribution in [0.2, 0.25) is 0 Å². The van der Waals surface area contributed by atoms with E-state index in [-0.39, 0.29) is 11.8 Å². The van der Waals surface area contributed by atoms with Crippen LogP contribution in [0.1, 0.15) is 11.1 Å². The number of likely N-dealkylation sites (N-methyl/N-ethyl adjacent to an activating group) is 2. The van der Waals surface area contributed by atoms with E-state index in [9.17, 15) is 9.59 Å². The van der Waals surface area contributed by atoms with Crippen molar-refractivity contribution in [3.05, 3.63) is 71.8 Å². The van der Waals surface area contributed by atoms with E-state index in [1.165, 1.54) is 23.5 Å². The van der Waals surface area contributed by atoms with E-state index in [0.29, 0.717) is 12.8 Å². The molecule has 0 bridgehead atoms. The molecule has 3 rings (SSSR count). The van der Waals surface area contributed by atoms with Crippen LogP contribution in [-0.2, 0) is 22.4 Å². The van der Waals surface area contributed by atoms with Crippen molar-refractivity contribution in [2.45, 2.75) is 22.6 Å². The molecule has 148 valence electrons. The average Bonchev–Trinajstić information content (AvgIpc) is 2.74. The monoisotopic (exact) mass is 414 g/mol. The highest BCUT2D eigenvalue weighted by atomic mass is 32.2. The van der Waals surface area contributed by atoms with E-state index in [1.807, 2.05) is 73.2 Å². The first-order valence-corrected chi connectivity index (χ1v) is 11.6. The fraction of sp³-hybridized carbons (Fsp3) is 0.364. The number of benzene rings is 2. The van der Waals surface area contributed by atoms with Crippen molar-refractivity contribution in [2.75, 3.05) is 26.6 Å². The highest BCUT2D eigenvalue weighted by Gasteiger charge is 2.60. The quantitative estimate of drug-likeness (QED) is 0.725. The van der Waals surface area contributed by atoms with E-state index in [1.54, 1.807) is 23.9 Å². The molecule has 0 N–H and O–H groups in total. The molecule has 6 heteroatoms. The van der Waals surface area contributed by atoms with E-state index in [4.69, 9.17) is 0 Å². The summed E-state index contributed by atoms with van der Waals surface area (Å²) in [6, 6.07) is 19.8. The predicted octanol–water partition coefficient (Wildman–Crippen LogP) is 3.52. The molecule has 0 unspecified atom stereocenters. The Morgan fingerprint density at radius 1 is 0.679 bits per heavy atom. The second-order valence-electron chi connectivity index (χ2n) is 7.03. The van der Waals surface area contributed by atoms with Gasteiger partial charge >= 0.3 is 0 Å². The molecule has 0 aromatic heterocycles. The molecule has 2 atom stereocenters. The summed E-state index contributed by atoms with van der Waals surface area (Å²) in [5.41, 5.74) is 2.08. The number of carbonyl (C=O) groups excluding carboxylic acids is 2. The van der Waals surface area contributed by atoms with Crippen LogP contribution in [-0.4, -0.2) is 58.0 Å². The van der Waals surface area contributed by atoms with Crippen molar-refractivity contribution in [1.29, 1.82) is 0 Å². The summed E-state index contributed by atoms with van der Waals surface area (Å²) in [6.45, 7) is 0. The minimum Gasteiger partial charge on any atom is -0.320 e. The number of carbonyl (C=O) groups is 2. The van der Waals surface area contributed by atoms with Gasteiger partial charge in [-0.1, -0.05) is 60.7 Å². The van der Waals surface area contributed by atoms with E-state index in [2.05, 4.69) is 0 Å². The van der Waals surface area contributed by atoms with Gasteiger partial charge < -0.3 is 9.80 Å². The van der Waals surface area contributed by atoms with Crippen molar-refractivity contribution < 1.29 is 9.59 Å². The SMILES string of the molecule is CS[C@]1(Cc2ccccc2)C(=O)N(C)[C@](Cc2ccccc2)(SC)C(=O)N1C. The molecule has 1 fully saturated rings. The van der Waals surface area contributed by atoms with Crippen LogP contribution < -0.4 is 0 Å². The maximum Gasteiger partial charge on any atom is 0.260 e. The molecule has 1 aliphatic rings. The summed E-state index contributed by atoms with van der Waals surface area (Å²) in [5, 5.41) is 0. The Morgan fingerprint density at radius 3 is 1.29 bits per heavy atom. The van der Waals surface area contributed by atoms with Gasteiger partial charge in [0.15, 0.2) is 9.74 Å². The Labute approximate surface area is 175 Å². The topological polar surface area (TPSA) is 40.6 Å². The first-order chi connectivity index (χ1) is 13.4. The fourth-order valence-electron chi connectivity index (χ4n) is 3.87. The second-order valence-corrected chi connectivity index (χ2v) is 9.20. The zero-order valence-corrected chi connectivity index (χ0v) is 18.3. The predicted molar refractivity (Wildman–Crippen MR) is 118 cm³/mol. The van der Waals surface area contributed by atoms with Crippen LogP contribution in [0.5, 0.6) is 0 Å². The van der Waals surface area contributed by atoms with Gasteiger partial charge in [0.2, 0.25) is 0 Å². The molecule has 0 saturated carbocycles. The third-order valence-electron chi connectivity index (χ3n) is 5.61. The summed E-state index contributed by atoms with van der Waals surface area (Å²) >= 11 is 2.87. The van der Waals surface area contributed by atoms with Crippen molar-refractivity contribution in [2.24, 2.45) is 0 Å². The maximum atomic E-state index is 13.7. The summed E-state index contributed by atoms with van der Waals surface area (Å²) in [6.07, 6.45) is 4.77. The molecule has 0 spiro atoms. The van der Waals surface area contributed by atoms with Gasteiger partial charge in [0.1, 0.15) is 0 Å². The van der Waals surface area contributed by atoms with Crippen LogP contribution >= 0.6 is 23.5 Å². The Morgan fingerprint density at radius 2 is 1.00 bits per heavy atom. The number of amides is 2. The highest BCUT2D eigenvalue weighted by Crippen LogP contribution is 2.45. The Balaban J connectivity index is 2.02. The van der Waals surface area contributed by atoms with Gasteiger partial charge in [0.25, 0.3) is 11.8 Å². The molecular weight excluding hydrogens is 388 g/mol. The van der Waals surface area contributed by atoms with Crippen LogP contribution in [0.3, 0.4) is 0 Å². The van der Waals surface area contributed by atoms with Gasteiger partial charge in [-0.15, -0.1) is 23.5 Å². The lowest BCUT2D eigenvalue weighted by Crippen LogP contribution is -2.74. The van der Waals surface area contributed by atoms with Crippen molar-refractivity contribution in [1.82, 2.24) is 9.80 Å². The number of nitrogens with zero attached hydrogens (tertiary/aromatic N) is 2. The first kappa shape index (κ1) is 20.8. The lowest BCUT2D eigenvalue weighted by atomic mass is 9.94. The number of hydrogen-bond acceptors (Lipinski definition) is 4. The molecule has 0 aliphatic carbocycles. The second kappa shape index (κ2) is 8.21. The Bertz CT molecular complexity index is 775. The van der Waals surface area contributed by atoms with E-state index in [0.717, 1.165) is 11.1 Å². The molecule has 0 radical (unpaired) electrons. The number of thioether (sulfide) groups is 2. The first-order valence-electron chi connectivity index (χ1n) is 9.16. The molecule has 1 aliphatic heterocycles. The summed E-state index contributed by atoms with van der Waals surface area (Å²) in [5.74, 6) is -0.0625. The van der Waals surface area contributed by atoms with Crippen molar-refractivity contribution in [3.63, 3.8) is 0 Å². The van der Waals surface area contributed by atoms with E-state index < -0.39 is 9.74 Å². The molecule has 1 saturated heterocycles. The van der Waals surface area contributed by atoms with Crippen molar-refractivity contribution >= 4 is 35.3 Å². The lowest BCUT2D eigenvalue weighted by molar-refractivity contribution is -0.163. The van der Waals surface area contributed by atoms with Crippen LogP contribution in [0, 0.1) is 0 Å². The van der Waals surface area contributed by atoms with E-state index >= 15 is 0 Å². The largest absolute Gasteiger partial charge is 0.320 e. The van der Waals surface area contributed by atoms with Crippen molar-refractivity contribution in [3.8, 4) is 0 Å². The smallest absolute Gasteiger partial charge is 0.260 e. The molecule has 2 aromatic carbocycles. The highest BCUT2D eigenvalue weighted by molar-refractivity contribution is 8.01. The number of rotatable bonds is 6. The summed E-state index contributed by atoms with van der Waals surface area (Å²) in [7, 11) is 3.53. The minimum absolute atomic E-state index is 0.0313. The molecule has 1 heterocycles. The zero-order valence-electron chi connectivity index (χ0n) is 16.7. The van der Waals surface area contributed by atoms with Crippen LogP contribution in [0.25, 0.3) is 0 Å². The maximum absolute atomic E-state index is 13.7. The van der Waals surface area contributed by atoms with Gasteiger partial charge in [0, 0.05) is 26.9 Å². The van der Waals surface area contributed by atoms with Gasteiger partial charge in [-0.2, -0.15) is 0 Å². The molecular formula is C22H26N2O2S2. The minimum atomic E-state index is -0.941. The molecule has 4 nitrogen and oxygen atoms in total. The van der Waals surface area contributed by atoms with Gasteiger partial charge in [-0.05, 0) is 23.6 Å². The summed E-state index contributed by atoms with van der Waals surface area (Å²) < 4.78 is 0. The molecule has 28 heavy (non-hydrogen) atoms. The normalized spacial score (nSPS) is 25.3. The average molecular weight is 415 g/mol. The van der Waals surface area contributed by atoms with Crippen LogP contribution in [0.15, 0.2) is 60.7 Å². The summed E-state index contributed by atoms with van der Waals surface area (Å²) in [4.78, 5) is 28.9. The lowest BCUT2D eigenvalue weighted by Gasteiger charge is -2.54. The van der Waals surface area contributed by atoms with Gasteiger partial charge in [-0.25, -0.2) is 0 Å². The van der Waals surface area contributed by atoms with Crippen LogP contribution in [0.4, 0.5) is 0 Å². The Hall–Kier alpha value is -1.92. The third-order valence-corrected chi connectivity index (χ3v) is 8.15. The number of hydrogen-bond donors (Lipinski definition) is 0. The van der Waals surface area contributed by atoms with Gasteiger partial charge in [0.05, 0.1) is 0 Å². The molecule has 2 aromatic rings. The fourth-order valence-corrected chi connectivity index (χ4v) is 5.82. The van der Waals surface area contributed by atoms with Gasteiger partial charge in [-0.3, -0.25) is 9.59 Å². The Kier molecular flexibility index (Phi) is 6.10. The standard InChI is InChI=1S/C22H26N2O2S2/c1-23-19(25)22(28-4,16-18-13-9-6-10-14-18)24(2)20(26)21(23,27-3)15-17-11-7-5-8-12-17/h5-14H,15-16H2,1-4H3/t21-,22-/m1/s1. The third kappa shape index (κ3) is 3.33. The molecule has 2 amide bonds. The zero-order chi connectivity index (χ0) is 20.4.